The minimum Gasteiger partial charge on any atom is -0.385 e. The summed E-state index contributed by atoms with van der Waals surface area (Å²) in [5.74, 6) is 1.28. The number of anilines is 1. The maximum absolute atomic E-state index is 13.0. The second-order valence-electron chi connectivity index (χ2n) is 8.69. The number of hydrogen-bond acceptors (Lipinski definition) is 3. The lowest BCUT2D eigenvalue weighted by Crippen LogP contribution is -2.34. The molecule has 2 aliphatic rings. The van der Waals surface area contributed by atoms with Crippen molar-refractivity contribution in [1.29, 1.82) is 0 Å². The Kier molecular flexibility index (Phi) is 6.57. The summed E-state index contributed by atoms with van der Waals surface area (Å²) in [5.41, 5.74) is 3.91. The van der Waals surface area contributed by atoms with Gasteiger partial charge in [0.2, 0.25) is 0 Å². The van der Waals surface area contributed by atoms with E-state index in [-0.39, 0.29) is 5.91 Å². The highest BCUT2D eigenvalue weighted by Gasteiger charge is 2.41. The highest BCUT2D eigenvalue weighted by Crippen LogP contribution is 2.32. The van der Waals surface area contributed by atoms with Gasteiger partial charge in [0.1, 0.15) is 0 Å². The van der Waals surface area contributed by atoms with Gasteiger partial charge in [0.05, 0.1) is 0 Å². The van der Waals surface area contributed by atoms with Crippen molar-refractivity contribution in [2.45, 2.75) is 20.3 Å². The van der Waals surface area contributed by atoms with Gasteiger partial charge in [-0.05, 0) is 74.0 Å². The number of hydrogen-bond donors (Lipinski definition) is 1. The third-order valence-electron chi connectivity index (χ3n) is 6.43. The van der Waals surface area contributed by atoms with E-state index in [1.54, 1.807) is 6.07 Å². The molecule has 2 aromatic carbocycles. The van der Waals surface area contributed by atoms with Crippen LogP contribution < -0.4 is 5.32 Å². The van der Waals surface area contributed by atoms with Crippen molar-refractivity contribution < 1.29 is 4.79 Å². The van der Waals surface area contributed by atoms with Gasteiger partial charge in [-0.25, -0.2) is 0 Å². The molecule has 0 bridgehead atoms. The number of amides is 1. The van der Waals surface area contributed by atoms with E-state index in [1.807, 2.05) is 43.0 Å². The number of nitrogens with one attached hydrogen (secondary N) is 1. The van der Waals surface area contributed by atoms with Gasteiger partial charge in [-0.1, -0.05) is 35.3 Å². The van der Waals surface area contributed by atoms with Crippen LogP contribution in [0.2, 0.25) is 10.0 Å². The molecular formula is C24H29Cl2N3O. The Morgan fingerprint density at radius 3 is 2.40 bits per heavy atom. The fourth-order valence-corrected chi connectivity index (χ4v) is 5.02. The van der Waals surface area contributed by atoms with Crippen LogP contribution in [-0.2, 0) is 0 Å². The van der Waals surface area contributed by atoms with E-state index in [4.69, 9.17) is 23.2 Å². The van der Waals surface area contributed by atoms with Gasteiger partial charge >= 0.3 is 0 Å². The molecule has 2 unspecified atom stereocenters. The smallest absolute Gasteiger partial charge is 0.254 e. The topological polar surface area (TPSA) is 35.6 Å². The molecule has 2 saturated heterocycles. The number of benzene rings is 2. The van der Waals surface area contributed by atoms with Crippen molar-refractivity contribution in [3.05, 3.63) is 63.1 Å². The number of likely N-dealkylation sites (tertiary alicyclic amines) is 2. The molecule has 4 nitrogen and oxygen atoms in total. The molecule has 0 radical (unpaired) electrons. The fraction of sp³-hybridized carbons (Fsp3) is 0.458. The molecular weight excluding hydrogens is 417 g/mol. The number of halogens is 2. The molecule has 2 aliphatic heterocycles. The second-order valence-corrected chi connectivity index (χ2v) is 9.54. The molecule has 2 aromatic rings. The number of carbonyl (C=O) groups is 1. The van der Waals surface area contributed by atoms with Crippen LogP contribution >= 0.6 is 23.2 Å². The summed E-state index contributed by atoms with van der Waals surface area (Å²) < 4.78 is 0. The monoisotopic (exact) mass is 445 g/mol. The first-order valence-electron chi connectivity index (χ1n) is 10.7. The average molecular weight is 446 g/mol. The molecule has 2 heterocycles. The lowest BCUT2D eigenvalue weighted by molar-refractivity contribution is 0.0773. The Bertz CT molecular complexity index is 919. The normalized spacial score (nSPS) is 21.1. The molecule has 2 fully saturated rings. The van der Waals surface area contributed by atoms with Gasteiger partial charge in [0.15, 0.2) is 0 Å². The summed E-state index contributed by atoms with van der Waals surface area (Å²) in [4.78, 5) is 17.5. The van der Waals surface area contributed by atoms with E-state index in [1.165, 1.54) is 0 Å². The maximum Gasteiger partial charge on any atom is 0.254 e. The van der Waals surface area contributed by atoms with Gasteiger partial charge in [-0.15, -0.1) is 0 Å². The van der Waals surface area contributed by atoms with Crippen LogP contribution in [-0.4, -0.2) is 55.0 Å². The molecule has 30 heavy (non-hydrogen) atoms. The molecule has 1 amide bonds. The van der Waals surface area contributed by atoms with Crippen LogP contribution in [0.15, 0.2) is 36.4 Å². The van der Waals surface area contributed by atoms with Crippen LogP contribution in [0.25, 0.3) is 0 Å². The Hall–Kier alpha value is -1.75. The van der Waals surface area contributed by atoms with Gasteiger partial charge in [0.25, 0.3) is 5.91 Å². The van der Waals surface area contributed by atoms with Crippen molar-refractivity contribution in [2.75, 3.05) is 44.6 Å². The molecule has 2 atom stereocenters. The van der Waals surface area contributed by atoms with E-state index in [9.17, 15) is 4.79 Å². The van der Waals surface area contributed by atoms with E-state index < -0.39 is 0 Å². The minimum absolute atomic E-state index is 0.122. The number of fused-ring (bicyclic) bond motifs is 1. The summed E-state index contributed by atoms with van der Waals surface area (Å²) in [6, 6.07) is 11.7. The van der Waals surface area contributed by atoms with Crippen molar-refractivity contribution in [3.63, 3.8) is 0 Å². The van der Waals surface area contributed by atoms with Gasteiger partial charge < -0.3 is 15.1 Å². The number of nitrogens with zero attached hydrogens (tertiary/aromatic N) is 2. The van der Waals surface area contributed by atoms with Crippen molar-refractivity contribution in [2.24, 2.45) is 11.8 Å². The SMILES string of the molecule is Cc1ccc(NCCCN2CC3CN(C(=O)c4cc(Cl)ccc4C)CC3C2)cc1Cl. The summed E-state index contributed by atoms with van der Waals surface area (Å²) in [7, 11) is 0. The minimum atomic E-state index is 0.122. The standard InChI is InChI=1S/C24H29Cl2N3O/c1-16-4-6-20(25)10-22(16)24(30)29-14-18-12-28(13-19(18)15-29)9-3-8-27-21-7-5-17(2)23(26)11-21/h4-7,10-11,18-19,27H,3,8-9,12-15H2,1-2H3. The Morgan fingerprint density at radius 1 is 1.00 bits per heavy atom. The second kappa shape index (κ2) is 9.17. The Labute approximate surface area is 189 Å². The maximum atomic E-state index is 13.0. The fourth-order valence-electron chi connectivity index (χ4n) is 4.67. The Balaban J connectivity index is 1.22. The van der Waals surface area contributed by atoms with Crippen LogP contribution in [0, 0.1) is 25.7 Å². The number of rotatable bonds is 6. The molecule has 160 valence electrons. The van der Waals surface area contributed by atoms with E-state index in [2.05, 4.69) is 16.3 Å². The van der Waals surface area contributed by atoms with E-state index >= 15 is 0 Å². The first-order chi connectivity index (χ1) is 14.4. The van der Waals surface area contributed by atoms with Crippen LogP contribution in [0.1, 0.15) is 27.9 Å². The predicted molar refractivity (Wildman–Crippen MR) is 125 cm³/mol. The zero-order chi connectivity index (χ0) is 21.3. The van der Waals surface area contributed by atoms with Crippen molar-refractivity contribution in [3.8, 4) is 0 Å². The summed E-state index contributed by atoms with van der Waals surface area (Å²) in [6.07, 6.45) is 1.09. The Morgan fingerprint density at radius 2 is 1.70 bits per heavy atom. The van der Waals surface area contributed by atoms with Gasteiger partial charge in [0, 0.05) is 54.0 Å². The number of carbonyl (C=O) groups excluding carboxylic acids is 1. The van der Waals surface area contributed by atoms with Crippen molar-refractivity contribution >= 4 is 34.8 Å². The van der Waals surface area contributed by atoms with Crippen molar-refractivity contribution in [1.82, 2.24) is 9.80 Å². The summed E-state index contributed by atoms with van der Waals surface area (Å²) in [6.45, 7) is 9.88. The highest BCUT2D eigenvalue weighted by molar-refractivity contribution is 6.31. The quantitative estimate of drug-likeness (QED) is 0.626. The number of aryl methyl sites for hydroxylation is 2. The largest absolute Gasteiger partial charge is 0.385 e. The van der Waals surface area contributed by atoms with Gasteiger partial charge in [-0.3, -0.25) is 4.79 Å². The summed E-state index contributed by atoms with van der Waals surface area (Å²) in [5, 5.41) is 4.89. The zero-order valence-electron chi connectivity index (χ0n) is 17.6. The zero-order valence-corrected chi connectivity index (χ0v) is 19.1. The molecule has 0 aromatic heterocycles. The van der Waals surface area contributed by atoms with E-state index in [0.717, 1.165) is 73.1 Å². The van der Waals surface area contributed by atoms with Crippen LogP contribution in [0.4, 0.5) is 5.69 Å². The third-order valence-corrected chi connectivity index (χ3v) is 7.07. The first kappa shape index (κ1) is 21.5. The first-order valence-corrected chi connectivity index (χ1v) is 11.4. The molecule has 6 heteroatoms. The van der Waals surface area contributed by atoms with Crippen LogP contribution in [0.5, 0.6) is 0 Å². The third kappa shape index (κ3) is 4.77. The summed E-state index contributed by atoms with van der Waals surface area (Å²) >= 11 is 12.3. The molecule has 0 spiro atoms. The van der Waals surface area contributed by atoms with Crippen LogP contribution in [0.3, 0.4) is 0 Å². The molecule has 0 aliphatic carbocycles. The molecule has 1 N–H and O–H groups in total. The lowest BCUT2D eigenvalue weighted by Gasteiger charge is -2.22. The average Bonchev–Trinajstić information content (AvgIpc) is 3.28. The molecule has 4 rings (SSSR count). The lowest BCUT2D eigenvalue weighted by atomic mass is 10.0. The highest BCUT2D eigenvalue weighted by atomic mass is 35.5. The van der Waals surface area contributed by atoms with E-state index in [0.29, 0.717) is 16.9 Å². The van der Waals surface area contributed by atoms with Gasteiger partial charge in [-0.2, -0.15) is 0 Å². The predicted octanol–water partition coefficient (Wildman–Crippen LogP) is 5.12. The molecule has 0 saturated carbocycles.